The third-order valence-corrected chi connectivity index (χ3v) is 6.71. The fourth-order valence-corrected chi connectivity index (χ4v) is 4.46. The molecular weight excluding hydrogens is 544 g/mol. The van der Waals surface area contributed by atoms with Gasteiger partial charge in [-0.15, -0.1) is 5.10 Å². The van der Waals surface area contributed by atoms with Crippen molar-refractivity contribution in [3.63, 3.8) is 0 Å². The zero-order valence-corrected chi connectivity index (χ0v) is 24.0. The molecule has 1 amide bonds. The number of benzene rings is 3. The number of hydrogen-bond acceptors (Lipinski definition) is 8. The summed E-state index contributed by atoms with van der Waals surface area (Å²) in [4.78, 5) is 25.7. The first-order chi connectivity index (χ1) is 19.9. The molecule has 1 heterocycles. The molecular formula is C30H33ClN6O4. The monoisotopic (exact) mass is 576 g/mol. The van der Waals surface area contributed by atoms with Gasteiger partial charge < -0.3 is 14.8 Å². The van der Waals surface area contributed by atoms with E-state index in [2.05, 4.69) is 26.2 Å². The summed E-state index contributed by atoms with van der Waals surface area (Å²) < 4.78 is 12.0. The van der Waals surface area contributed by atoms with Gasteiger partial charge in [-0.3, -0.25) is 14.9 Å². The average Bonchev–Trinajstić information content (AvgIpc) is 3.43. The maximum absolute atomic E-state index is 13.4. The summed E-state index contributed by atoms with van der Waals surface area (Å²) in [5.41, 5.74) is 3.91. The lowest BCUT2D eigenvalue weighted by Gasteiger charge is -2.22. The molecule has 2 atom stereocenters. The highest BCUT2D eigenvalue weighted by molar-refractivity contribution is 6.30. The number of rotatable bonds is 13. The summed E-state index contributed by atoms with van der Waals surface area (Å²) in [5.74, 6) is 0.536. The SMILES string of the molecule is CCOC(=O)[C@H](C)N[C@@H](Cc1ccc(-c2cccc(Cl)c2)cc1)C(=O)NCc1nnnn1Cc1ccc(OC)cc1. The van der Waals surface area contributed by atoms with Gasteiger partial charge in [-0.25, -0.2) is 4.68 Å². The first-order valence-electron chi connectivity index (χ1n) is 13.3. The van der Waals surface area contributed by atoms with Crippen LogP contribution >= 0.6 is 11.6 Å². The second-order valence-corrected chi connectivity index (χ2v) is 9.86. The van der Waals surface area contributed by atoms with E-state index >= 15 is 0 Å². The Hall–Kier alpha value is -4.28. The fourth-order valence-electron chi connectivity index (χ4n) is 4.27. The first-order valence-corrected chi connectivity index (χ1v) is 13.7. The number of ether oxygens (including phenoxy) is 2. The molecule has 4 rings (SSSR count). The molecule has 41 heavy (non-hydrogen) atoms. The van der Waals surface area contributed by atoms with Gasteiger partial charge in [0.25, 0.3) is 0 Å². The summed E-state index contributed by atoms with van der Waals surface area (Å²) in [6, 6.07) is 21.7. The summed E-state index contributed by atoms with van der Waals surface area (Å²) in [6.45, 7) is 4.22. The number of nitrogens with zero attached hydrogens (tertiary/aromatic N) is 4. The Balaban J connectivity index is 1.44. The number of nitrogens with one attached hydrogen (secondary N) is 2. The number of esters is 1. The van der Waals surface area contributed by atoms with Gasteiger partial charge in [-0.1, -0.05) is 60.1 Å². The fraction of sp³-hybridized carbons (Fsp3) is 0.300. The quantitative estimate of drug-likeness (QED) is 0.231. The Morgan fingerprint density at radius 3 is 2.41 bits per heavy atom. The van der Waals surface area contributed by atoms with Crippen LogP contribution in [0.25, 0.3) is 11.1 Å². The molecule has 0 aliphatic rings. The molecule has 0 radical (unpaired) electrons. The number of carbonyl (C=O) groups excluding carboxylic acids is 2. The highest BCUT2D eigenvalue weighted by Gasteiger charge is 2.25. The number of hydrogen-bond donors (Lipinski definition) is 2. The van der Waals surface area contributed by atoms with Crippen LogP contribution in [0.3, 0.4) is 0 Å². The number of amides is 1. The van der Waals surface area contributed by atoms with Crippen LogP contribution in [0.5, 0.6) is 5.75 Å². The molecule has 4 aromatic rings. The van der Waals surface area contributed by atoms with E-state index in [9.17, 15) is 9.59 Å². The minimum Gasteiger partial charge on any atom is -0.497 e. The zero-order valence-electron chi connectivity index (χ0n) is 23.2. The molecule has 0 bridgehead atoms. The summed E-state index contributed by atoms with van der Waals surface area (Å²) >= 11 is 6.15. The summed E-state index contributed by atoms with van der Waals surface area (Å²) in [7, 11) is 1.61. The van der Waals surface area contributed by atoms with E-state index in [1.807, 2.05) is 72.8 Å². The van der Waals surface area contributed by atoms with Crippen molar-refractivity contribution in [1.29, 1.82) is 0 Å². The van der Waals surface area contributed by atoms with Crippen LogP contribution in [0.4, 0.5) is 0 Å². The second-order valence-electron chi connectivity index (χ2n) is 9.42. The van der Waals surface area contributed by atoms with Crippen LogP contribution in [0.2, 0.25) is 5.02 Å². The normalized spacial score (nSPS) is 12.4. The van der Waals surface area contributed by atoms with Crippen molar-refractivity contribution < 1.29 is 19.1 Å². The Labute approximate surface area is 244 Å². The van der Waals surface area contributed by atoms with Crippen molar-refractivity contribution in [2.45, 2.75) is 45.4 Å². The number of carbonyl (C=O) groups is 2. The van der Waals surface area contributed by atoms with Gasteiger partial charge in [0.2, 0.25) is 5.91 Å². The zero-order chi connectivity index (χ0) is 29.2. The minimum atomic E-state index is -0.711. The molecule has 0 saturated carbocycles. The standard InChI is InChI=1S/C30H33ClN6O4/c1-4-41-30(39)20(2)33-27(16-21-8-12-23(13-9-21)24-6-5-7-25(31)17-24)29(38)32-18-28-34-35-36-37(28)19-22-10-14-26(40-3)15-11-22/h5-15,17,20,27,33H,4,16,18-19H2,1-3H3,(H,32,38)/t20-,27-/m0/s1. The predicted molar refractivity (Wildman–Crippen MR) is 155 cm³/mol. The highest BCUT2D eigenvalue weighted by Crippen LogP contribution is 2.23. The van der Waals surface area contributed by atoms with Gasteiger partial charge in [-0.05, 0) is 77.2 Å². The molecule has 2 N–H and O–H groups in total. The number of methoxy groups -OCH3 is 1. The van der Waals surface area contributed by atoms with Gasteiger partial charge in [0.1, 0.15) is 11.8 Å². The van der Waals surface area contributed by atoms with Crippen LogP contribution in [-0.4, -0.2) is 57.9 Å². The lowest BCUT2D eigenvalue weighted by atomic mass is 10.00. The van der Waals surface area contributed by atoms with E-state index in [-0.39, 0.29) is 19.1 Å². The molecule has 0 aliphatic carbocycles. The van der Waals surface area contributed by atoms with E-state index in [1.165, 1.54) is 0 Å². The van der Waals surface area contributed by atoms with Crippen LogP contribution in [0.1, 0.15) is 30.8 Å². The number of aromatic nitrogens is 4. The molecule has 214 valence electrons. The number of tetrazole rings is 1. The Bertz CT molecular complexity index is 1440. The van der Waals surface area contributed by atoms with Crippen molar-refractivity contribution in [2.75, 3.05) is 13.7 Å². The van der Waals surface area contributed by atoms with Crippen molar-refractivity contribution in [1.82, 2.24) is 30.8 Å². The lowest BCUT2D eigenvalue weighted by molar-refractivity contribution is -0.145. The molecule has 0 fully saturated rings. The third kappa shape index (κ3) is 8.36. The smallest absolute Gasteiger partial charge is 0.322 e. The Morgan fingerprint density at radius 1 is 1.00 bits per heavy atom. The van der Waals surface area contributed by atoms with E-state index in [1.54, 1.807) is 25.6 Å². The van der Waals surface area contributed by atoms with Crippen LogP contribution in [-0.2, 0) is 33.8 Å². The van der Waals surface area contributed by atoms with Crippen molar-refractivity contribution in [2.24, 2.45) is 0 Å². The molecule has 0 spiro atoms. The van der Waals surface area contributed by atoms with Crippen molar-refractivity contribution in [3.05, 3.63) is 94.8 Å². The molecule has 11 heteroatoms. The first kappa shape index (κ1) is 29.7. The molecule has 10 nitrogen and oxygen atoms in total. The molecule has 0 unspecified atom stereocenters. The minimum absolute atomic E-state index is 0.113. The van der Waals surface area contributed by atoms with E-state index in [4.69, 9.17) is 21.1 Å². The van der Waals surface area contributed by atoms with Gasteiger partial charge in [0.15, 0.2) is 5.82 Å². The van der Waals surface area contributed by atoms with Crippen molar-refractivity contribution in [3.8, 4) is 16.9 Å². The lowest BCUT2D eigenvalue weighted by Crippen LogP contribution is -2.51. The topological polar surface area (TPSA) is 120 Å². The van der Waals surface area contributed by atoms with Gasteiger partial charge in [0, 0.05) is 5.02 Å². The second kappa shape index (κ2) is 14.4. The van der Waals surface area contributed by atoms with Gasteiger partial charge in [0.05, 0.1) is 32.8 Å². The van der Waals surface area contributed by atoms with Crippen molar-refractivity contribution >= 4 is 23.5 Å². The summed E-state index contributed by atoms with van der Waals surface area (Å²) in [6.07, 6.45) is 0.349. The molecule has 0 saturated heterocycles. The maximum atomic E-state index is 13.4. The van der Waals surface area contributed by atoms with Gasteiger partial charge in [-0.2, -0.15) is 0 Å². The van der Waals surface area contributed by atoms with Crippen LogP contribution in [0, 0.1) is 0 Å². The molecule has 0 aliphatic heterocycles. The van der Waals surface area contributed by atoms with E-state index in [0.29, 0.717) is 23.8 Å². The Kier molecular flexibility index (Phi) is 10.4. The van der Waals surface area contributed by atoms with E-state index in [0.717, 1.165) is 28.0 Å². The highest BCUT2D eigenvalue weighted by atomic mass is 35.5. The largest absolute Gasteiger partial charge is 0.497 e. The molecule has 3 aromatic carbocycles. The van der Waals surface area contributed by atoms with E-state index < -0.39 is 18.1 Å². The van der Waals surface area contributed by atoms with Crippen LogP contribution < -0.4 is 15.4 Å². The molecule has 1 aromatic heterocycles. The Morgan fingerprint density at radius 2 is 1.73 bits per heavy atom. The summed E-state index contributed by atoms with van der Waals surface area (Å²) in [5, 5.41) is 18.6. The predicted octanol–water partition coefficient (Wildman–Crippen LogP) is 3.82. The third-order valence-electron chi connectivity index (χ3n) is 6.48. The maximum Gasteiger partial charge on any atom is 0.322 e. The van der Waals surface area contributed by atoms with Gasteiger partial charge >= 0.3 is 5.97 Å². The van der Waals surface area contributed by atoms with Crippen LogP contribution in [0.15, 0.2) is 72.8 Å². The average molecular weight is 577 g/mol. The number of halogens is 1.